The van der Waals surface area contributed by atoms with E-state index in [1.54, 1.807) is 0 Å². The average molecular weight is 162 g/mol. The fraction of sp³-hybridized carbons (Fsp3) is 0.300. The van der Waals surface area contributed by atoms with Gasteiger partial charge in [-0.15, -0.1) is 0 Å². The quantitative estimate of drug-likeness (QED) is 0.492. The van der Waals surface area contributed by atoms with Crippen LogP contribution < -0.4 is 4.84 Å². The van der Waals surface area contributed by atoms with E-state index in [4.69, 9.17) is 4.84 Å². The fourth-order valence-corrected chi connectivity index (χ4v) is 0.724. The molecule has 0 bridgehead atoms. The number of benzene rings is 1. The molecule has 0 atom stereocenters. The van der Waals surface area contributed by atoms with Gasteiger partial charge in [-0.2, -0.15) is 0 Å². The van der Waals surface area contributed by atoms with Gasteiger partial charge in [0.05, 0.1) is 0 Å². The number of rotatable bonds is 4. The lowest BCUT2D eigenvalue weighted by molar-refractivity contribution is 0.342. The Labute approximate surface area is 72.9 Å². The molecule has 0 aliphatic carbocycles. The van der Waals surface area contributed by atoms with Crippen molar-refractivity contribution < 1.29 is 4.84 Å². The predicted molar refractivity (Wildman–Crippen MR) is 49.4 cm³/mol. The third-order valence-electron chi connectivity index (χ3n) is 1.32. The first-order valence-corrected chi connectivity index (χ1v) is 4.08. The molecule has 0 aromatic heterocycles. The number of nitrogens with zero attached hydrogens (tertiary/aromatic N) is 1. The first-order chi connectivity index (χ1) is 5.93. The molecule has 0 saturated heterocycles. The summed E-state index contributed by atoms with van der Waals surface area (Å²) in [6.45, 7) is 2.07. The van der Waals surface area contributed by atoms with Crippen molar-refractivity contribution in [3.63, 3.8) is 0 Å². The molecule has 12 heavy (non-hydrogen) atoms. The lowest BCUT2D eigenvalue weighted by atomic mass is 10.3. The summed E-state index contributed by atoms with van der Waals surface area (Å²) in [5, 5.41) is 3.68. The highest BCUT2D eigenvalue weighted by Gasteiger charge is 1.86. The maximum Gasteiger partial charge on any atom is 0.157 e. The van der Waals surface area contributed by atoms with Crippen LogP contribution in [0.2, 0.25) is 0 Å². The molecule has 0 saturated carbocycles. The van der Waals surface area contributed by atoms with Crippen molar-refractivity contribution in [3.8, 4) is 5.75 Å². The molecule has 2 nitrogen and oxygen atoms in total. The summed E-state index contributed by atoms with van der Waals surface area (Å²) >= 11 is 0. The van der Waals surface area contributed by atoms with Crippen molar-refractivity contribution in [2.24, 2.45) is 5.16 Å². The lowest BCUT2D eigenvalue weighted by Crippen LogP contribution is -1.83. The molecular formula is C10H12NO. The zero-order chi connectivity index (χ0) is 8.65. The van der Waals surface area contributed by atoms with Gasteiger partial charge in [-0.3, -0.25) is 0 Å². The zero-order valence-corrected chi connectivity index (χ0v) is 7.16. The van der Waals surface area contributed by atoms with Gasteiger partial charge in [0.25, 0.3) is 0 Å². The molecule has 0 spiro atoms. The van der Waals surface area contributed by atoms with Crippen LogP contribution in [-0.4, -0.2) is 6.21 Å². The molecule has 0 heterocycles. The van der Waals surface area contributed by atoms with E-state index in [0.29, 0.717) is 0 Å². The largest absolute Gasteiger partial charge is 0.357 e. The van der Waals surface area contributed by atoms with Crippen LogP contribution >= 0.6 is 0 Å². The Bertz CT molecular complexity index is 231. The SMILES string of the molecule is CCC/[C]=N\Oc1ccccc1. The molecule has 1 aromatic rings. The van der Waals surface area contributed by atoms with Crippen LogP contribution in [-0.2, 0) is 0 Å². The van der Waals surface area contributed by atoms with E-state index < -0.39 is 0 Å². The van der Waals surface area contributed by atoms with Gasteiger partial charge in [0.2, 0.25) is 0 Å². The Morgan fingerprint density at radius 3 is 2.75 bits per heavy atom. The minimum atomic E-state index is 0.751. The van der Waals surface area contributed by atoms with Gasteiger partial charge in [0.15, 0.2) is 5.75 Å². The maximum absolute atomic E-state index is 5.02. The van der Waals surface area contributed by atoms with Crippen molar-refractivity contribution in [3.05, 3.63) is 30.3 Å². The van der Waals surface area contributed by atoms with Crippen molar-refractivity contribution >= 4 is 6.21 Å². The van der Waals surface area contributed by atoms with Gasteiger partial charge in [0.1, 0.15) is 6.21 Å². The summed E-state index contributed by atoms with van der Waals surface area (Å²) in [7, 11) is 0. The van der Waals surface area contributed by atoms with Gasteiger partial charge in [-0.1, -0.05) is 36.7 Å². The van der Waals surface area contributed by atoms with Crippen LogP contribution in [0.1, 0.15) is 19.8 Å². The summed E-state index contributed by atoms with van der Waals surface area (Å²) < 4.78 is 0. The van der Waals surface area contributed by atoms with Gasteiger partial charge >= 0.3 is 0 Å². The van der Waals surface area contributed by atoms with E-state index in [1.165, 1.54) is 0 Å². The second-order valence-electron chi connectivity index (χ2n) is 2.40. The van der Waals surface area contributed by atoms with Crippen LogP contribution in [0.5, 0.6) is 5.75 Å². The predicted octanol–water partition coefficient (Wildman–Crippen LogP) is 2.73. The van der Waals surface area contributed by atoms with Crippen LogP contribution in [0.15, 0.2) is 35.5 Å². The van der Waals surface area contributed by atoms with Crippen molar-refractivity contribution in [2.75, 3.05) is 0 Å². The second-order valence-corrected chi connectivity index (χ2v) is 2.40. The van der Waals surface area contributed by atoms with E-state index in [2.05, 4.69) is 18.3 Å². The summed E-state index contributed by atoms with van der Waals surface area (Å²) in [4.78, 5) is 5.02. The minimum Gasteiger partial charge on any atom is -0.357 e. The molecule has 0 N–H and O–H groups in total. The van der Waals surface area contributed by atoms with E-state index in [-0.39, 0.29) is 0 Å². The summed E-state index contributed by atoms with van der Waals surface area (Å²) in [6, 6.07) is 9.47. The second kappa shape index (κ2) is 5.35. The Morgan fingerprint density at radius 2 is 2.08 bits per heavy atom. The molecule has 0 aliphatic rings. The number of unbranched alkanes of at least 4 members (excludes halogenated alkanes) is 1. The molecule has 0 amide bonds. The zero-order valence-electron chi connectivity index (χ0n) is 7.16. The number of hydrogen-bond donors (Lipinski definition) is 0. The van der Waals surface area contributed by atoms with Crippen molar-refractivity contribution in [2.45, 2.75) is 19.8 Å². The Balaban J connectivity index is 2.33. The number of hydrogen-bond acceptors (Lipinski definition) is 2. The highest BCUT2D eigenvalue weighted by Crippen LogP contribution is 2.07. The first kappa shape index (κ1) is 8.78. The minimum absolute atomic E-state index is 0.751. The topological polar surface area (TPSA) is 21.6 Å². The third-order valence-corrected chi connectivity index (χ3v) is 1.32. The Morgan fingerprint density at radius 1 is 1.33 bits per heavy atom. The number of para-hydroxylation sites is 1. The summed E-state index contributed by atoms with van der Waals surface area (Å²) in [6.07, 6.45) is 4.67. The molecule has 63 valence electrons. The Kier molecular flexibility index (Phi) is 3.92. The molecule has 2 heteroatoms. The standard InChI is InChI=1S/C10H12NO/c1-2-3-9-11-12-10-7-5-4-6-8-10/h4-8H,2-3H2,1H3. The Hall–Kier alpha value is -1.31. The smallest absolute Gasteiger partial charge is 0.157 e. The summed E-state index contributed by atoms with van der Waals surface area (Å²) in [5.41, 5.74) is 0. The summed E-state index contributed by atoms with van der Waals surface area (Å²) in [5.74, 6) is 0.751. The molecular weight excluding hydrogens is 150 g/mol. The van der Waals surface area contributed by atoms with E-state index in [1.807, 2.05) is 30.3 Å². The van der Waals surface area contributed by atoms with E-state index >= 15 is 0 Å². The average Bonchev–Trinajstić information content (AvgIpc) is 2.14. The van der Waals surface area contributed by atoms with Crippen LogP contribution in [0.4, 0.5) is 0 Å². The van der Waals surface area contributed by atoms with Crippen LogP contribution in [0.3, 0.4) is 0 Å². The lowest BCUT2D eigenvalue weighted by Gasteiger charge is -1.94. The molecule has 1 radical (unpaired) electrons. The first-order valence-electron chi connectivity index (χ1n) is 4.08. The molecule has 0 unspecified atom stereocenters. The maximum atomic E-state index is 5.02. The normalized spacial score (nSPS) is 10.4. The van der Waals surface area contributed by atoms with Crippen molar-refractivity contribution in [1.29, 1.82) is 0 Å². The van der Waals surface area contributed by atoms with Crippen LogP contribution in [0.25, 0.3) is 0 Å². The van der Waals surface area contributed by atoms with Gasteiger partial charge < -0.3 is 4.84 Å². The fourth-order valence-electron chi connectivity index (χ4n) is 0.724. The van der Waals surface area contributed by atoms with Gasteiger partial charge in [-0.05, 0) is 18.6 Å². The molecule has 1 aromatic carbocycles. The van der Waals surface area contributed by atoms with Crippen molar-refractivity contribution in [1.82, 2.24) is 0 Å². The monoisotopic (exact) mass is 162 g/mol. The van der Waals surface area contributed by atoms with E-state index in [0.717, 1.165) is 18.6 Å². The molecule has 1 rings (SSSR count). The highest BCUT2D eigenvalue weighted by molar-refractivity contribution is 5.56. The van der Waals surface area contributed by atoms with Gasteiger partial charge in [-0.25, -0.2) is 0 Å². The van der Waals surface area contributed by atoms with Gasteiger partial charge in [0, 0.05) is 0 Å². The van der Waals surface area contributed by atoms with E-state index in [9.17, 15) is 0 Å². The van der Waals surface area contributed by atoms with Crippen LogP contribution in [0, 0.1) is 0 Å². The molecule has 0 aliphatic heterocycles. The highest BCUT2D eigenvalue weighted by atomic mass is 16.6. The molecule has 0 fully saturated rings. The third kappa shape index (κ3) is 3.19.